The number of aromatic nitrogens is 1. The zero-order chi connectivity index (χ0) is 20.6. The molecule has 2 bridgehead atoms. The molecule has 0 aliphatic carbocycles. The van der Waals surface area contributed by atoms with Gasteiger partial charge in [0.2, 0.25) is 5.91 Å². The molecular formula is C23H28N2O4. The first-order valence-corrected chi connectivity index (χ1v) is 10.3. The van der Waals surface area contributed by atoms with Crippen molar-refractivity contribution in [2.45, 2.75) is 45.1 Å². The van der Waals surface area contributed by atoms with Gasteiger partial charge in [-0.15, -0.1) is 0 Å². The lowest BCUT2D eigenvalue weighted by Crippen LogP contribution is -2.41. The van der Waals surface area contributed by atoms with E-state index in [0.29, 0.717) is 19.4 Å². The zero-order valence-electron chi connectivity index (χ0n) is 17.1. The highest BCUT2D eigenvalue weighted by Crippen LogP contribution is 2.50. The molecule has 2 aliphatic rings. The van der Waals surface area contributed by atoms with Crippen molar-refractivity contribution in [1.82, 2.24) is 9.47 Å². The monoisotopic (exact) mass is 396 g/mol. The number of fused-ring (bicyclic) bond motifs is 4. The molecule has 2 atom stereocenters. The zero-order valence-corrected chi connectivity index (χ0v) is 17.1. The van der Waals surface area contributed by atoms with E-state index >= 15 is 0 Å². The Balaban J connectivity index is 1.83. The van der Waals surface area contributed by atoms with Crippen LogP contribution in [0.25, 0.3) is 10.9 Å². The van der Waals surface area contributed by atoms with Gasteiger partial charge >= 0.3 is 5.97 Å². The van der Waals surface area contributed by atoms with E-state index in [1.54, 1.807) is 10.8 Å². The third kappa shape index (κ3) is 3.25. The maximum absolute atomic E-state index is 13.2. The molecule has 2 aromatic rings. The molecular weight excluding hydrogens is 368 g/mol. The molecule has 29 heavy (non-hydrogen) atoms. The van der Waals surface area contributed by atoms with E-state index in [0.717, 1.165) is 48.0 Å². The van der Waals surface area contributed by atoms with Gasteiger partial charge in [-0.05, 0) is 37.3 Å². The van der Waals surface area contributed by atoms with Crippen LogP contribution >= 0.6 is 0 Å². The Morgan fingerprint density at radius 2 is 2.14 bits per heavy atom. The minimum atomic E-state index is -0.648. The largest absolute Gasteiger partial charge is 0.466 e. The molecule has 1 N–H and O–H groups in total. The van der Waals surface area contributed by atoms with Crippen LogP contribution in [-0.2, 0) is 16.0 Å². The highest BCUT2D eigenvalue weighted by atomic mass is 16.5. The summed E-state index contributed by atoms with van der Waals surface area (Å²) in [6.07, 6.45) is 6.01. The number of aliphatic hydroxyl groups is 1. The molecule has 0 saturated heterocycles. The van der Waals surface area contributed by atoms with Gasteiger partial charge in [0.05, 0.1) is 18.3 Å². The fourth-order valence-electron chi connectivity index (χ4n) is 5.02. The first kappa shape index (κ1) is 19.7. The van der Waals surface area contributed by atoms with Crippen LogP contribution in [0.3, 0.4) is 0 Å². The van der Waals surface area contributed by atoms with Crippen molar-refractivity contribution in [3.05, 3.63) is 47.8 Å². The Morgan fingerprint density at radius 1 is 1.34 bits per heavy atom. The van der Waals surface area contributed by atoms with Gasteiger partial charge in [-0.25, -0.2) is 4.79 Å². The lowest BCUT2D eigenvalue weighted by molar-refractivity contribution is -0.134. The van der Waals surface area contributed by atoms with Crippen LogP contribution < -0.4 is 0 Å². The fourth-order valence-corrected chi connectivity index (χ4v) is 5.02. The molecule has 0 spiro atoms. The second-order valence-corrected chi connectivity index (χ2v) is 8.13. The highest BCUT2D eigenvalue weighted by Gasteiger charge is 2.46. The number of rotatable bonds is 3. The highest BCUT2D eigenvalue weighted by molar-refractivity contribution is 5.97. The van der Waals surface area contributed by atoms with E-state index in [2.05, 4.69) is 11.8 Å². The Hall–Kier alpha value is -2.60. The predicted molar refractivity (Wildman–Crippen MR) is 111 cm³/mol. The molecule has 1 aromatic carbocycles. The summed E-state index contributed by atoms with van der Waals surface area (Å²) >= 11 is 0. The molecule has 1 aromatic heterocycles. The standard InChI is InChI=1S/C23H28N2O4/c1-3-23-11-6-12-24(14-10-20(27)29-2)13-9-17-16-7-4-5-8-18(16)25(19(26)15-23)21(17)22(23)28/h4-5,7-8,10,14,22,28H,3,6,9,11-13,15H2,1-2H3/b14-10+. The Kier molecular flexibility index (Phi) is 5.21. The molecule has 0 radical (unpaired) electrons. The Labute approximate surface area is 170 Å². The summed E-state index contributed by atoms with van der Waals surface area (Å²) in [6, 6.07) is 7.90. The molecule has 6 nitrogen and oxygen atoms in total. The van der Waals surface area contributed by atoms with Crippen molar-refractivity contribution >= 4 is 22.8 Å². The van der Waals surface area contributed by atoms with Gasteiger partial charge in [0, 0.05) is 42.6 Å². The van der Waals surface area contributed by atoms with Crippen LogP contribution in [0, 0.1) is 5.41 Å². The molecule has 2 aliphatic heterocycles. The van der Waals surface area contributed by atoms with Crippen LogP contribution in [0.5, 0.6) is 0 Å². The number of para-hydroxylation sites is 1. The summed E-state index contributed by atoms with van der Waals surface area (Å²) in [7, 11) is 1.37. The quantitative estimate of drug-likeness (QED) is 0.636. The van der Waals surface area contributed by atoms with Crippen LogP contribution in [0.4, 0.5) is 0 Å². The summed E-state index contributed by atoms with van der Waals surface area (Å²) < 4.78 is 6.47. The maximum Gasteiger partial charge on any atom is 0.331 e. The first-order valence-electron chi connectivity index (χ1n) is 10.3. The van der Waals surface area contributed by atoms with E-state index < -0.39 is 11.5 Å². The number of ether oxygens (including phenoxy) is 1. The number of methoxy groups -OCH3 is 1. The van der Waals surface area contributed by atoms with E-state index in [9.17, 15) is 14.7 Å². The second kappa shape index (κ2) is 7.67. The topological polar surface area (TPSA) is 71.8 Å². The average Bonchev–Trinajstić information content (AvgIpc) is 3.07. The molecule has 154 valence electrons. The summed E-state index contributed by atoms with van der Waals surface area (Å²) in [5.41, 5.74) is 2.24. The van der Waals surface area contributed by atoms with Crippen LogP contribution in [0.2, 0.25) is 0 Å². The molecule has 0 amide bonds. The van der Waals surface area contributed by atoms with Gasteiger partial charge in [-0.1, -0.05) is 25.1 Å². The Morgan fingerprint density at radius 3 is 2.90 bits per heavy atom. The molecule has 4 rings (SSSR count). The van der Waals surface area contributed by atoms with Crippen molar-refractivity contribution in [1.29, 1.82) is 0 Å². The number of hydrogen-bond acceptors (Lipinski definition) is 5. The SMILES string of the molecule is CCC12CCCN(/C=C/C(=O)OC)CCc3c(n(c4ccccc34)C(=O)C1)C2O. The van der Waals surface area contributed by atoms with Gasteiger partial charge in [0.15, 0.2) is 0 Å². The van der Waals surface area contributed by atoms with Gasteiger partial charge in [0.25, 0.3) is 0 Å². The molecule has 0 fully saturated rings. The summed E-state index contributed by atoms with van der Waals surface area (Å²) in [5, 5.41) is 12.5. The van der Waals surface area contributed by atoms with Crippen molar-refractivity contribution in [2.75, 3.05) is 20.2 Å². The molecule has 0 saturated carbocycles. The number of benzene rings is 1. The number of hydrogen-bond donors (Lipinski definition) is 1. The summed E-state index contributed by atoms with van der Waals surface area (Å²) in [6.45, 7) is 3.54. The summed E-state index contributed by atoms with van der Waals surface area (Å²) in [5.74, 6) is -0.290. The number of esters is 1. The second-order valence-electron chi connectivity index (χ2n) is 8.13. The smallest absolute Gasteiger partial charge is 0.331 e. The normalized spacial score (nSPS) is 24.9. The summed E-state index contributed by atoms with van der Waals surface area (Å²) in [4.78, 5) is 26.9. The number of carbonyl (C=O) groups excluding carboxylic acids is 2. The van der Waals surface area contributed by atoms with Crippen molar-refractivity contribution in [2.24, 2.45) is 5.41 Å². The minimum Gasteiger partial charge on any atom is -0.466 e. The van der Waals surface area contributed by atoms with Gasteiger partial charge in [0.1, 0.15) is 6.10 Å². The van der Waals surface area contributed by atoms with Crippen LogP contribution in [-0.4, -0.2) is 46.6 Å². The van der Waals surface area contributed by atoms with E-state index in [1.165, 1.54) is 13.2 Å². The third-order valence-electron chi connectivity index (χ3n) is 6.71. The fraction of sp³-hybridized carbons (Fsp3) is 0.478. The van der Waals surface area contributed by atoms with E-state index in [-0.39, 0.29) is 11.9 Å². The number of aliphatic hydroxyl groups excluding tert-OH is 1. The maximum atomic E-state index is 13.2. The lowest BCUT2D eigenvalue weighted by Gasteiger charge is -2.42. The van der Waals surface area contributed by atoms with E-state index in [4.69, 9.17) is 4.74 Å². The van der Waals surface area contributed by atoms with Gasteiger partial charge in [-0.3, -0.25) is 9.36 Å². The molecule has 6 heteroatoms. The van der Waals surface area contributed by atoms with Crippen molar-refractivity contribution < 1.29 is 19.4 Å². The minimum absolute atomic E-state index is 0.0811. The van der Waals surface area contributed by atoms with Crippen molar-refractivity contribution in [3.8, 4) is 0 Å². The third-order valence-corrected chi connectivity index (χ3v) is 6.71. The molecule has 2 unspecified atom stereocenters. The number of carbonyl (C=O) groups is 2. The number of nitrogens with zero attached hydrogens (tertiary/aromatic N) is 2. The lowest BCUT2D eigenvalue weighted by atomic mass is 9.69. The van der Waals surface area contributed by atoms with Gasteiger partial charge < -0.3 is 14.7 Å². The predicted octanol–water partition coefficient (Wildman–Crippen LogP) is 3.44. The first-order chi connectivity index (χ1) is 14.0. The van der Waals surface area contributed by atoms with Gasteiger partial charge in [-0.2, -0.15) is 0 Å². The van der Waals surface area contributed by atoms with Crippen molar-refractivity contribution in [3.63, 3.8) is 0 Å². The average molecular weight is 396 g/mol. The van der Waals surface area contributed by atoms with E-state index in [1.807, 2.05) is 24.3 Å². The van der Waals surface area contributed by atoms with Crippen LogP contribution in [0.1, 0.15) is 54.8 Å². The molecule has 3 heterocycles. The Bertz CT molecular complexity index is 977. The van der Waals surface area contributed by atoms with Crippen LogP contribution in [0.15, 0.2) is 36.5 Å².